The van der Waals surface area contributed by atoms with Crippen molar-refractivity contribution in [1.29, 1.82) is 0 Å². The van der Waals surface area contributed by atoms with Crippen LogP contribution in [-0.4, -0.2) is 14.1 Å². The van der Waals surface area contributed by atoms with Crippen LogP contribution in [0, 0.1) is 18.5 Å². The zero-order valence-corrected chi connectivity index (χ0v) is 49.6. The van der Waals surface area contributed by atoms with Crippen LogP contribution in [0.2, 0.25) is 0 Å². The van der Waals surface area contributed by atoms with Gasteiger partial charge in [0.2, 0.25) is 0 Å². The first kappa shape index (κ1) is 37.6. The number of para-hydroxylation sites is 2. The molecule has 0 fully saturated rings. The van der Waals surface area contributed by atoms with Gasteiger partial charge in [-0.05, 0) is 153 Å². The fraction of sp³-hybridized carbons (Fsp3) is 0.100. The van der Waals surface area contributed by atoms with E-state index in [1.165, 1.54) is 0 Å². The molecular formula is C80H60N4OPt-2. The Bertz CT molecular complexity index is 5890. The third-order valence-corrected chi connectivity index (χ3v) is 15.6. The first-order valence-corrected chi connectivity index (χ1v) is 27.8. The number of nitrogens with zero attached hydrogens (tertiary/aromatic N) is 4. The Balaban J connectivity index is 0.00000913. The molecule has 1 aliphatic rings. The number of rotatable bonds is 8. The fourth-order valence-corrected chi connectivity index (χ4v) is 11.7. The van der Waals surface area contributed by atoms with Crippen molar-refractivity contribution in [2.75, 3.05) is 0 Å². The quantitative estimate of drug-likeness (QED) is 0.112. The van der Waals surface area contributed by atoms with Gasteiger partial charge in [-0.25, -0.2) is 4.98 Å². The van der Waals surface area contributed by atoms with Crippen molar-refractivity contribution in [3.05, 3.63) is 284 Å². The predicted molar refractivity (Wildman–Crippen MR) is 349 cm³/mol. The molecule has 14 aromatic rings. The van der Waals surface area contributed by atoms with Crippen LogP contribution in [0.25, 0.3) is 128 Å². The number of aromatic nitrogens is 4. The van der Waals surface area contributed by atoms with Crippen LogP contribution in [0.5, 0.6) is 11.5 Å². The predicted octanol–water partition coefficient (Wildman–Crippen LogP) is 20.2. The van der Waals surface area contributed by atoms with Crippen molar-refractivity contribution in [2.24, 2.45) is 0 Å². The van der Waals surface area contributed by atoms with E-state index in [2.05, 4.69) is 76.7 Å². The van der Waals surface area contributed by atoms with Crippen LogP contribution in [-0.2, 0) is 31.9 Å². The van der Waals surface area contributed by atoms with E-state index in [9.17, 15) is 12.3 Å². The number of ether oxygens (including phenoxy) is 1. The van der Waals surface area contributed by atoms with E-state index in [4.69, 9.17) is 22.1 Å². The van der Waals surface area contributed by atoms with Crippen LogP contribution in [0.4, 0.5) is 0 Å². The number of pyridine rings is 1. The van der Waals surface area contributed by atoms with Gasteiger partial charge in [0.15, 0.2) is 0 Å². The number of fused-ring (bicyclic) bond motifs is 10. The molecule has 5 nitrogen and oxygen atoms in total. The Morgan fingerprint density at radius 2 is 1.08 bits per heavy atom. The molecule has 0 saturated carbocycles. The van der Waals surface area contributed by atoms with Gasteiger partial charge in [-0.15, -0.1) is 29.7 Å². The third kappa shape index (κ3) is 9.48. The normalized spacial score (nSPS) is 14.9. The van der Waals surface area contributed by atoms with Crippen LogP contribution in [0.3, 0.4) is 0 Å². The first-order valence-electron chi connectivity index (χ1n) is 36.8. The molecule has 0 unspecified atom stereocenters. The van der Waals surface area contributed by atoms with Gasteiger partial charge in [0.05, 0.1) is 41.4 Å². The van der Waals surface area contributed by atoms with Gasteiger partial charge in [0.25, 0.3) is 6.33 Å². The molecule has 418 valence electrons. The van der Waals surface area contributed by atoms with E-state index in [0.717, 1.165) is 27.4 Å². The number of hydrogen-bond acceptors (Lipinski definition) is 2. The number of imidazole rings is 1. The molecule has 0 bridgehead atoms. The topological polar surface area (TPSA) is 35.9 Å². The van der Waals surface area contributed by atoms with Gasteiger partial charge in [-0.2, -0.15) is 18.2 Å². The molecule has 0 spiro atoms. The average molecular weight is 1310 g/mol. The van der Waals surface area contributed by atoms with Gasteiger partial charge in [-0.3, -0.25) is 4.57 Å². The van der Waals surface area contributed by atoms with E-state index in [1.54, 1.807) is 59.3 Å². The van der Waals surface area contributed by atoms with Crippen molar-refractivity contribution in [1.82, 2.24) is 14.1 Å². The molecule has 0 N–H and O–H groups in total. The molecule has 0 radical (unpaired) electrons. The van der Waals surface area contributed by atoms with E-state index >= 15 is 0 Å². The SMILES string of the molecule is [2H]c1c([2H])c([2H])c(-c2cccc3c2-c2ccccc2-c2cc(-c4c([2H])c(-c5c([2H])c([2H])c([2H])c([2H])c5[2H])c([2H])c(-c5c([2H])c([2H])c([2H])c([2H])c5[2H])c4[2H])cc4c2[n+]([c-]n4-c2[c-]c(Oc4[c-]c5c(cc4)c4ccccc4n5-c4cc(C(C)(C)C)ccn4)ccc2)-c2c-3cccc2C(C)(C)C)c([2H])c1[2H].[Pt]. The third-order valence-electron chi connectivity index (χ3n) is 15.6. The molecule has 0 aliphatic carbocycles. The number of benzene rings is 11. The molecule has 0 saturated heterocycles. The van der Waals surface area contributed by atoms with E-state index in [-0.39, 0.29) is 48.9 Å². The molecule has 1 aliphatic heterocycles. The molecule has 86 heavy (non-hydrogen) atoms. The molecule has 11 aromatic carbocycles. The average Bonchev–Trinajstić information content (AvgIpc) is 1.41. The molecule has 0 amide bonds. The van der Waals surface area contributed by atoms with Gasteiger partial charge in [0, 0.05) is 44.3 Å². The molecule has 4 heterocycles. The first-order chi connectivity index (χ1) is 48.9. The summed E-state index contributed by atoms with van der Waals surface area (Å²) in [5.74, 6) is 1.29. The van der Waals surface area contributed by atoms with E-state index in [0.29, 0.717) is 78.4 Å². The summed E-state index contributed by atoms with van der Waals surface area (Å²) in [5.41, 5.74) is 5.04. The Hall–Kier alpha value is -9.67. The van der Waals surface area contributed by atoms with Gasteiger partial charge in [-0.1, -0.05) is 223 Å². The van der Waals surface area contributed by atoms with Crippen molar-refractivity contribution < 1.29 is 55.0 Å². The van der Waals surface area contributed by atoms with Crippen LogP contribution >= 0.6 is 0 Å². The van der Waals surface area contributed by atoms with Crippen molar-refractivity contribution in [2.45, 2.75) is 52.4 Å². The van der Waals surface area contributed by atoms with Crippen molar-refractivity contribution >= 4 is 32.8 Å². The summed E-state index contributed by atoms with van der Waals surface area (Å²) in [4.78, 5) is 4.87. The van der Waals surface area contributed by atoms with Crippen LogP contribution in [0.1, 0.15) is 77.3 Å². The van der Waals surface area contributed by atoms with Crippen molar-refractivity contribution in [3.63, 3.8) is 0 Å². The summed E-state index contributed by atoms with van der Waals surface area (Å²) in [6.07, 6.45) is 5.55. The minimum Gasteiger partial charge on any atom is -0.510 e. The molecule has 3 aromatic heterocycles. The summed E-state index contributed by atoms with van der Waals surface area (Å²) >= 11 is 0. The summed E-state index contributed by atoms with van der Waals surface area (Å²) in [6.45, 7) is 12.6. The minimum atomic E-state index is -0.818. The summed E-state index contributed by atoms with van der Waals surface area (Å²) in [6, 6.07) is 37.6. The maximum absolute atomic E-state index is 10.4. The van der Waals surface area contributed by atoms with E-state index in [1.807, 2.05) is 83.4 Å². The van der Waals surface area contributed by atoms with Gasteiger partial charge < -0.3 is 13.9 Å². The Morgan fingerprint density at radius 3 is 1.79 bits per heavy atom. The summed E-state index contributed by atoms with van der Waals surface area (Å²) in [5, 5.41) is 1.90. The maximum atomic E-state index is 10.4. The zero-order valence-electron chi connectivity index (χ0n) is 65.4. The Labute approximate surface area is 542 Å². The maximum Gasteiger partial charge on any atom is 0.268 e. The van der Waals surface area contributed by atoms with Gasteiger partial charge in [0.1, 0.15) is 5.82 Å². The van der Waals surface area contributed by atoms with Crippen LogP contribution in [0.15, 0.2) is 254 Å². The summed E-state index contributed by atoms with van der Waals surface area (Å²) in [7, 11) is 0. The Morgan fingerprint density at radius 1 is 0.477 bits per heavy atom. The smallest absolute Gasteiger partial charge is 0.268 e. The second kappa shape index (κ2) is 21.4. The minimum absolute atomic E-state index is 0. The van der Waals surface area contributed by atoms with E-state index < -0.39 is 136 Å². The van der Waals surface area contributed by atoms with Gasteiger partial charge >= 0.3 is 0 Å². The Kier molecular flexibility index (Phi) is 9.37. The molecule has 15 rings (SSSR count). The monoisotopic (exact) mass is 1310 g/mol. The second-order valence-electron chi connectivity index (χ2n) is 23.0. The molecular weight excluding hydrogens is 1230 g/mol. The van der Waals surface area contributed by atoms with Crippen molar-refractivity contribution in [3.8, 4) is 107 Å². The molecule has 0 atom stereocenters. The molecule has 6 heteroatoms. The number of hydrogen-bond donors (Lipinski definition) is 0. The second-order valence-corrected chi connectivity index (χ2v) is 23.0. The summed E-state index contributed by atoms with van der Waals surface area (Å²) < 4.78 is 179. The van der Waals surface area contributed by atoms with Crippen LogP contribution < -0.4 is 9.30 Å². The standard InChI is InChI=1S/C80H60N4O.Pt/c1-79(2,3)59-41-42-81-75(48-59)84-72-38-19-18-32-65(72)66-40-39-62(50-73(66)84)85-61-30-20-29-60(49-61)82-51-83-77-69(36-22-37-71(77)80(4,5)6)68-35-21-34-63(54-27-14-9-15-28-54)76(68)67-33-17-16-31-64(67)70-46-58(47-74(82)78(70)83)57-44-55(52-23-10-7-11-24-52)43-56(45-57)53-25-12-8-13-26-53;/h7-48H,1-6H3;/q-2;/i7D,8D,9D,10D,11D,12D,13D,14D,15D,23D,24D,25D,26D,27D,28D,43D,44D,45D;. The fourth-order valence-electron chi connectivity index (χ4n) is 11.7. The largest absolute Gasteiger partial charge is 0.510 e. The zero-order chi connectivity index (χ0) is 73.2.